The number of likely N-dealkylation sites (tertiary alicyclic amines) is 1. The average Bonchev–Trinajstić information content (AvgIpc) is 3.49. The number of methoxy groups -OCH3 is 1. The number of rotatable bonds is 2. The summed E-state index contributed by atoms with van der Waals surface area (Å²) in [7, 11) is 1.44. The van der Waals surface area contributed by atoms with E-state index in [1.54, 1.807) is 29.4 Å². The lowest BCUT2D eigenvalue weighted by atomic mass is 10.0. The molecule has 2 atom stereocenters. The monoisotopic (exact) mass is 620 g/mol. The molecule has 5 rings (SSSR count). The molecule has 1 saturated heterocycles. The zero-order chi connectivity index (χ0) is 31.4. The van der Waals surface area contributed by atoms with Gasteiger partial charge in [0.1, 0.15) is 17.7 Å². The number of hydrogen-bond acceptors (Lipinski definition) is 8. The SMILES string of the molecule is COc1ccc2cc1OCC(=O)N[C@@H]1CN(C(=O)c3n[nH]c(C(F)(F)F)n3)CC[C@H]1Oc1cc(F)cc(c1)CNC(=O)CC2. The standard InChI is InChI=1S/C28H28F4N6O6/c1-42-21-4-2-15-3-5-23(39)33-12-16-8-17(29)11-18(9-16)44-20-6-7-38(13-19(20)34-24(40)14-43-22(21)10-15)26(41)25-35-27(37-36-25)28(30,31)32/h2,4,8-11,19-20H,3,5-7,12-14H2,1H3,(H,33,39)(H,34,40)(H,35,36,37)/t19-,20-/m1/s1. The van der Waals surface area contributed by atoms with Gasteiger partial charge in [-0.25, -0.2) is 4.39 Å². The van der Waals surface area contributed by atoms with E-state index in [-0.39, 0.29) is 49.9 Å². The van der Waals surface area contributed by atoms with Gasteiger partial charge < -0.3 is 29.7 Å². The molecule has 4 bridgehead atoms. The fourth-order valence-electron chi connectivity index (χ4n) is 4.91. The van der Waals surface area contributed by atoms with Gasteiger partial charge in [-0.05, 0) is 41.8 Å². The minimum atomic E-state index is -4.82. The summed E-state index contributed by atoms with van der Waals surface area (Å²) in [5.41, 5.74) is 1.19. The number of carbonyl (C=O) groups is 3. The molecule has 3 heterocycles. The van der Waals surface area contributed by atoms with Crippen LogP contribution in [0.1, 0.15) is 40.4 Å². The lowest BCUT2D eigenvalue weighted by Crippen LogP contribution is -2.58. The molecular formula is C28H28F4N6O6. The first-order chi connectivity index (χ1) is 21.0. The number of hydrogen-bond donors (Lipinski definition) is 3. The van der Waals surface area contributed by atoms with Crippen molar-refractivity contribution in [1.29, 1.82) is 0 Å². The molecule has 2 aliphatic heterocycles. The molecule has 3 N–H and O–H groups in total. The van der Waals surface area contributed by atoms with E-state index in [2.05, 4.69) is 20.7 Å². The van der Waals surface area contributed by atoms with E-state index in [4.69, 9.17) is 14.2 Å². The first kappa shape index (κ1) is 30.6. The van der Waals surface area contributed by atoms with Gasteiger partial charge in [0.25, 0.3) is 11.8 Å². The maximum absolute atomic E-state index is 14.5. The minimum absolute atomic E-state index is 0.0183. The Balaban J connectivity index is 1.41. The molecule has 44 heavy (non-hydrogen) atoms. The summed E-state index contributed by atoms with van der Waals surface area (Å²) in [6, 6.07) is 8.13. The number of H-pyrrole nitrogens is 1. The number of carbonyl (C=O) groups excluding carboxylic acids is 3. The first-order valence-electron chi connectivity index (χ1n) is 13.6. The van der Waals surface area contributed by atoms with Crippen molar-refractivity contribution in [3.05, 3.63) is 65.0 Å². The van der Waals surface area contributed by atoms with Crippen molar-refractivity contribution >= 4 is 17.7 Å². The average molecular weight is 621 g/mol. The summed E-state index contributed by atoms with van der Waals surface area (Å²) >= 11 is 0. The molecule has 0 unspecified atom stereocenters. The Morgan fingerprint density at radius 2 is 1.91 bits per heavy atom. The van der Waals surface area contributed by atoms with E-state index >= 15 is 0 Å². The molecule has 0 radical (unpaired) electrons. The number of aromatic amines is 1. The van der Waals surface area contributed by atoms with Crippen LogP contribution in [0.5, 0.6) is 17.2 Å². The van der Waals surface area contributed by atoms with Gasteiger partial charge in [-0.15, -0.1) is 5.10 Å². The zero-order valence-electron chi connectivity index (χ0n) is 23.4. The van der Waals surface area contributed by atoms with Crippen LogP contribution in [-0.4, -0.2) is 76.8 Å². The Labute approximate surface area is 248 Å². The third-order valence-corrected chi connectivity index (χ3v) is 7.06. The fraction of sp³-hybridized carbons (Fsp3) is 0.393. The number of alkyl halides is 3. The summed E-state index contributed by atoms with van der Waals surface area (Å²) in [6.07, 6.45) is -4.97. The lowest BCUT2D eigenvalue weighted by molar-refractivity contribution is -0.144. The van der Waals surface area contributed by atoms with Crippen LogP contribution in [0.2, 0.25) is 0 Å². The number of benzene rings is 2. The highest BCUT2D eigenvalue weighted by Crippen LogP contribution is 2.29. The van der Waals surface area contributed by atoms with Crippen molar-refractivity contribution in [2.24, 2.45) is 0 Å². The molecule has 3 amide bonds. The number of amides is 3. The number of aryl methyl sites for hydroxylation is 1. The fourth-order valence-corrected chi connectivity index (χ4v) is 4.91. The molecule has 0 saturated carbocycles. The van der Waals surface area contributed by atoms with Gasteiger partial charge in [-0.1, -0.05) is 6.07 Å². The molecule has 0 aliphatic carbocycles. The Bertz CT molecular complexity index is 1550. The molecule has 2 aliphatic rings. The summed E-state index contributed by atoms with van der Waals surface area (Å²) in [4.78, 5) is 43.0. The van der Waals surface area contributed by atoms with Crippen LogP contribution in [0.4, 0.5) is 17.6 Å². The summed E-state index contributed by atoms with van der Waals surface area (Å²) in [5, 5.41) is 10.6. The molecule has 16 heteroatoms. The second kappa shape index (κ2) is 12.8. The van der Waals surface area contributed by atoms with E-state index in [0.29, 0.717) is 17.7 Å². The van der Waals surface area contributed by atoms with Crippen LogP contribution < -0.4 is 24.8 Å². The summed E-state index contributed by atoms with van der Waals surface area (Å²) in [6.45, 7) is -0.586. The van der Waals surface area contributed by atoms with Crippen LogP contribution >= 0.6 is 0 Å². The quantitative estimate of drug-likeness (QED) is 0.370. The smallest absolute Gasteiger partial charge is 0.451 e. The first-order valence-corrected chi connectivity index (χ1v) is 13.6. The van der Waals surface area contributed by atoms with Gasteiger partial charge >= 0.3 is 6.18 Å². The van der Waals surface area contributed by atoms with Crippen molar-refractivity contribution in [1.82, 2.24) is 30.7 Å². The van der Waals surface area contributed by atoms with Gasteiger partial charge in [0.05, 0.1) is 13.2 Å². The number of halogens is 4. The van der Waals surface area contributed by atoms with Crippen molar-refractivity contribution in [3.63, 3.8) is 0 Å². The Morgan fingerprint density at radius 1 is 1.09 bits per heavy atom. The van der Waals surface area contributed by atoms with Gasteiger partial charge in [0.15, 0.2) is 18.1 Å². The normalized spacial score (nSPS) is 19.7. The highest BCUT2D eigenvalue weighted by Gasteiger charge is 2.39. The van der Waals surface area contributed by atoms with E-state index in [1.165, 1.54) is 18.1 Å². The Morgan fingerprint density at radius 3 is 2.66 bits per heavy atom. The van der Waals surface area contributed by atoms with Crippen molar-refractivity contribution in [3.8, 4) is 17.2 Å². The van der Waals surface area contributed by atoms with Gasteiger partial charge in [-0.3, -0.25) is 19.5 Å². The molecule has 12 nitrogen and oxygen atoms in total. The predicted molar refractivity (Wildman–Crippen MR) is 143 cm³/mol. The number of aromatic nitrogens is 3. The van der Waals surface area contributed by atoms with Gasteiger partial charge in [0, 0.05) is 38.5 Å². The van der Waals surface area contributed by atoms with E-state index in [0.717, 1.165) is 11.6 Å². The topological polar surface area (TPSA) is 148 Å². The van der Waals surface area contributed by atoms with Crippen molar-refractivity contribution < 1.29 is 46.2 Å². The highest BCUT2D eigenvalue weighted by molar-refractivity contribution is 5.90. The predicted octanol–water partition coefficient (Wildman–Crippen LogP) is 2.39. The number of fused-ring (bicyclic) bond motifs is 5. The second-order valence-corrected chi connectivity index (χ2v) is 10.2. The molecule has 3 aromatic rings. The maximum Gasteiger partial charge on any atom is 0.451 e. The van der Waals surface area contributed by atoms with E-state index < -0.39 is 54.2 Å². The highest BCUT2D eigenvalue weighted by atomic mass is 19.4. The number of nitrogens with one attached hydrogen (secondary N) is 3. The van der Waals surface area contributed by atoms with Crippen LogP contribution in [0.15, 0.2) is 36.4 Å². The largest absolute Gasteiger partial charge is 0.493 e. The van der Waals surface area contributed by atoms with E-state index in [9.17, 15) is 31.9 Å². The zero-order valence-corrected chi connectivity index (χ0v) is 23.4. The van der Waals surface area contributed by atoms with Gasteiger partial charge in [0.2, 0.25) is 17.6 Å². The summed E-state index contributed by atoms with van der Waals surface area (Å²) in [5.74, 6) is -3.70. The van der Waals surface area contributed by atoms with Crippen LogP contribution in [0.25, 0.3) is 0 Å². The molecule has 2 aromatic carbocycles. The molecule has 234 valence electrons. The van der Waals surface area contributed by atoms with E-state index in [1.807, 2.05) is 0 Å². The maximum atomic E-state index is 14.5. The van der Waals surface area contributed by atoms with Crippen molar-refractivity contribution in [2.75, 3.05) is 26.8 Å². The summed E-state index contributed by atoms with van der Waals surface area (Å²) < 4.78 is 70.6. The second-order valence-electron chi connectivity index (χ2n) is 10.2. The van der Waals surface area contributed by atoms with Crippen LogP contribution in [0, 0.1) is 5.82 Å². The Hall–Kier alpha value is -4.89. The Kier molecular flexibility index (Phi) is 8.87. The van der Waals surface area contributed by atoms with Crippen LogP contribution in [-0.2, 0) is 28.7 Å². The minimum Gasteiger partial charge on any atom is -0.493 e. The number of piperidine rings is 1. The molecular weight excluding hydrogens is 592 g/mol. The lowest BCUT2D eigenvalue weighted by Gasteiger charge is -2.38. The number of nitrogens with zero attached hydrogens (tertiary/aromatic N) is 3. The molecule has 1 aromatic heterocycles. The third kappa shape index (κ3) is 7.36. The van der Waals surface area contributed by atoms with Gasteiger partial charge in [-0.2, -0.15) is 18.2 Å². The van der Waals surface area contributed by atoms with Crippen molar-refractivity contribution in [2.45, 2.75) is 44.1 Å². The third-order valence-electron chi connectivity index (χ3n) is 7.06. The number of ether oxygens (including phenoxy) is 3. The van der Waals surface area contributed by atoms with Crippen LogP contribution in [0.3, 0.4) is 0 Å². The molecule has 0 spiro atoms. The molecule has 1 fully saturated rings.